The summed E-state index contributed by atoms with van der Waals surface area (Å²) in [5.41, 5.74) is 7.70. The van der Waals surface area contributed by atoms with Crippen molar-refractivity contribution in [3.8, 4) is 0 Å². The van der Waals surface area contributed by atoms with Gasteiger partial charge >= 0.3 is 0 Å². The van der Waals surface area contributed by atoms with Crippen molar-refractivity contribution >= 4 is 17.8 Å². The van der Waals surface area contributed by atoms with E-state index in [1.54, 1.807) is 6.08 Å². The molecule has 0 aliphatic heterocycles. The molecule has 3 nitrogen and oxygen atoms in total. The lowest BCUT2D eigenvalue weighted by Crippen LogP contribution is -2.05. The number of aryl methyl sites for hydroxylation is 1. The molecule has 0 heterocycles. The van der Waals surface area contributed by atoms with E-state index in [1.807, 2.05) is 18.2 Å². The normalized spacial score (nSPS) is 14.5. The van der Waals surface area contributed by atoms with Gasteiger partial charge in [-0.05, 0) is 29.7 Å². The smallest absolute Gasteiger partial charge is 0.241 e. The summed E-state index contributed by atoms with van der Waals surface area (Å²) in [6.07, 6.45) is 4.33. The Bertz CT molecular complexity index is 461. The Morgan fingerprint density at radius 3 is 2.87 bits per heavy atom. The first kappa shape index (κ1) is 9.65. The Kier molecular flexibility index (Phi) is 2.37. The molecule has 0 aromatic heterocycles. The SMILES string of the molecule is NC(=O)C=Cc1ccc2c(c1)C(=O)CC2. The van der Waals surface area contributed by atoms with E-state index >= 15 is 0 Å². The number of carbonyl (C=O) groups excluding carboxylic acids is 2. The van der Waals surface area contributed by atoms with Gasteiger partial charge in [0.2, 0.25) is 5.91 Å². The number of rotatable bonds is 2. The third-order valence-electron chi connectivity index (χ3n) is 2.50. The topological polar surface area (TPSA) is 60.2 Å². The van der Waals surface area contributed by atoms with Gasteiger partial charge in [-0.25, -0.2) is 0 Å². The van der Waals surface area contributed by atoms with E-state index < -0.39 is 5.91 Å². The minimum atomic E-state index is -0.484. The van der Waals surface area contributed by atoms with Gasteiger partial charge < -0.3 is 5.73 Å². The molecular weight excluding hydrogens is 190 g/mol. The molecule has 0 spiro atoms. The summed E-state index contributed by atoms with van der Waals surface area (Å²) in [6, 6.07) is 5.63. The molecule has 0 radical (unpaired) electrons. The maximum absolute atomic E-state index is 11.4. The average molecular weight is 201 g/mol. The zero-order valence-corrected chi connectivity index (χ0v) is 8.19. The summed E-state index contributed by atoms with van der Waals surface area (Å²) in [5.74, 6) is -0.304. The Balaban J connectivity index is 2.33. The Morgan fingerprint density at radius 2 is 2.13 bits per heavy atom. The summed E-state index contributed by atoms with van der Waals surface area (Å²) in [6.45, 7) is 0. The van der Waals surface area contributed by atoms with Gasteiger partial charge in [0.25, 0.3) is 0 Å². The molecule has 0 atom stereocenters. The molecule has 2 N–H and O–H groups in total. The molecule has 2 rings (SSSR count). The van der Waals surface area contributed by atoms with Gasteiger partial charge in [-0.15, -0.1) is 0 Å². The van der Waals surface area contributed by atoms with E-state index in [-0.39, 0.29) is 5.78 Å². The van der Waals surface area contributed by atoms with Crippen LogP contribution in [0.5, 0.6) is 0 Å². The highest BCUT2D eigenvalue weighted by Gasteiger charge is 2.18. The number of primary amides is 1. The number of ketones is 1. The third-order valence-corrected chi connectivity index (χ3v) is 2.50. The maximum Gasteiger partial charge on any atom is 0.241 e. The largest absolute Gasteiger partial charge is 0.366 e. The van der Waals surface area contributed by atoms with Crippen molar-refractivity contribution in [2.75, 3.05) is 0 Å². The van der Waals surface area contributed by atoms with Crippen LogP contribution < -0.4 is 5.73 Å². The van der Waals surface area contributed by atoms with Crippen LogP contribution in [-0.4, -0.2) is 11.7 Å². The Morgan fingerprint density at radius 1 is 1.33 bits per heavy atom. The van der Waals surface area contributed by atoms with Crippen molar-refractivity contribution < 1.29 is 9.59 Å². The van der Waals surface area contributed by atoms with E-state index in [1.165, 1.54) is 6.08 Å². The van der Waals surface area contributed by atoms with Gasteiger partial charge in [-0.3, -0.25) is 9.59 Å². The van der Waals surface area contributed by atoms with Crippen LogP contribution in [0.2, 0.25) is 0 Å². The monoisotopic (exact) mass is 201 g/mol. The first-order valence-corrected chi connectivity index (χ1v) is 4.80. The highest BCUT2D eigenvalue weighted by atomic mass is 16.1. The summed E-state index contributed by atoms with van der Waals surface area (Å²) in [7, 11) is 0. The molecule has 1 aromatic carbocycles. The van der Waals surface area contributed by atoms with Crippen molar-refractivity contribution in [2.45, 2.75) is 12.8 Å². The van der Waals surface area contributed by atoms with Crippen LogP contribution >= 0.6 is 0 Å². The third kappa shape index (κ3) is 1.96. The Labute approximate surface area is 87.6 Å². The number of Topliss-reactive ketones (excluding diaryl/α,β-unsaturated/α-hetero) is 1. The van der Waals surface area contributed by atoms with Crippen molar-refractivity contribution in [2.24, 2.45) is 5.73 Å². The van der Waals surface area contributed by atoms with Crippen LogP contribution in [0.4, 0.5) is 0 Å². The predicted molar refractivity (Wildman–Crippen MR) is 57.3 cm³/mol. The highest BCUT2D eigenvalue weighted by Crippen LogP contribution is 2.23. The molecule has 0 saturated carbocycles. The number of hydrogen-bond acceptors (Lipinski definition) is 2. The fourth-order valence-electron chi connectivity index (χ4n) is 1.74. The lowest BCUT2D eigenvalue weighted by atomic mass is 10.1. The molecule has 15 heavy (non-hydrogen) atoms. The molecule has 0 saturated heterocycles. The van der Waals surface area contributed by atoms with Crippen LogP contribution in [0.25, 0.3) is 6.08 Å². The second kappa shape index (κ2) is 3.69. The molecule has 1 aliphatic carbocycles. The van der Waals surface area contributed by atoms with Gasteiger partial charge in [0.15, 0.2) is 5.78 Å². The minimum Gasteiger partial charge on any atom is -0.366 e. The van der Waals surface area contributed by atoms with Crippen LogP contribution in [0.3, 0.4) is 0 Å². The molecule has 76 valence electrons. The van der Waals surface area contributed by atoms with E-state index in [4.69, 9.17) is 5.73 Å². The quantitative estimate of drug-likeness (QED) is 0.733. The van der Waals surface area contributed by atoms with Gasteiger partial charge in [0.05, 0.1) is 0 Å². The standard InChI is InChI=1S/C12H11NO2/c13-12(15)6-2-8-1-3-9-4-5-11(14)10(9)7-8/h1-3,6-7H,4-5H2,(H2,13,15). The number of nitrogens with two attached hydrogens (primary N) is 1. The molecule has 0 fully saturated rings. The lowest BCUT2D eigenvalue weighted by Gasteiger charge is -1.98. The fourth-order valence-corrected chi connectivity index (χ4v) is 1.74. The number of fused-ring (bicyclic) bond motifs is 1. The zero-order chi connectivity index (χ0) is 10.8. The number of amides is 1. The molecule has 1 aliphatic rings. The average Bonchev–Trinajstić information content (AvgIpc) is 2.57. The van der Waals surface area contributed by atoms with Crippen molar-refractivity contribution in [3.05, 3.63) is 41.0 Å². The van der Waals surface area contributed by atoms with Gasteiger partial charge in [-0.1, -0.05) is 12.1 Å². The van der Waals surface area contributed by atoms with Gasteiger partial charge in [0.1, 0.15) is 0 Å². The first-order valence-electron chi connectivity index (χ1n) is 4.80. The summed E-state index contributed by atoms with van der Waals surface area (Å²) < 4.78 is 0. The summed E-state index contributed by atoms with van der Waals surface area (Å²) in [4.78, 5) is 22.0. The van der Waals surface area contributed by atoms with Crippen LogP contribution in [-0.2, 0) is 11.2 Å². The molecule has 1 amide bonds. The van der Waals surface area contributed by atoms with E-state index in [0.29, 0.717) is 6.42 Å². The van der Waals surface area contributed by atoms with Gasteiger partial charge in [-0.2, -0.15) is 0 Å². The summed E-state index contributed by atoms with van der Waals surface area (Å²) in [5, 5.41) is 0. The molecule has 0 unspecified atom stereocenters. The van der Waals surface area contributed by atoms with Gasteiger partial charge in [0, 0.05) is 18.1 Å². The second-order valence-corrected chi connectivity index (χ2v) is 3.58. The van der Waals surface area contributed by atoms with Crippen LogP contribution in [0.1, 0.15) is 27.9 Å². The lowest BCUT2D eigenvalue weighted by molar-refractivity contribution is -0.113. The second-order valence-electron chi connectivity index (χ2n) is 3.58. The van der Waals surface area contributed by atoms with Crippen LogP contribution in [0, 0.1) is 0 Å². The zero-order valence-electron chi connectivity index (χ0n) is 8.19. The molecule has 3 heteroatoms. The van der Waals surface area contributed by atoms with E-state index in [9.17, 15) is 9.59 Å². The predicted octanol–water partition coefficient (Wildman–Crippen LogP) is 1.31. The first-order chi connectivity index (χ1) is 7.16. The highest BCUT2D eigenvalue weighted by molar-refractivity contribution is 6.01. The number of hydrogen-bond donors (Lipinski definition) is 1. The minimum absolute atomic E-state index is 0.180. The number of carbonyl (C=O) groups is 2. The van der Waals surface area contributed by atoms with Crippen molar-refractivity contribution in [1.82, 2.24) is 0 Å². The van der Waals surface area contributed by atoms with Crippen molar-refractivity contribution in [3.63, 3.8) is 0 Å². The molecule has 0 bridgehead atoms. The van der Waals surface area contributed by atoms with E-state index in [0.717, 1.165) is 23.1 Å². The van der Waals surface area contributed by atoms with Crippen molar-refractivity contribution in [1.29, 1.82) is 0 Å². The Hall–Kier alpha value is -1.90. The fraction of sp³-hybridized carbons (Fsp3) is 0.167. The summed E-state index contributed by atoms with van der Waals surface area (Å²) >= 11 is 0. The van der Waals surface area contributed by atoms with Crippen LogP contribution in [0.15, 0.2) is 24.3 Å². The van der Waals surface area contributed by atoms with E-state index in [2.05, 4.69) is 0 Å². The number of benzene rings is 1. The molecule has 1 aromatic rings. The maximum atomic E-state index is 11.4. The molecular formula is C12H11NO2.